The summed E-state index contributed by atoms with van der Waals surface area (Å²) in [6.45, 7) is 2.37. The SMILES string of the molecule is c1ccc(COc2ccccc2O[C@H](c2ncco2)C2CCNC2)cc1. The summed E-state index contributed by atoms with van der Waals surface area (Å²) in [5.41, 5.74) is 1.12. The van der Waals surface area contributed by atoms with Gasteiger partial charge >= 0.3 is 0 Å². The summed E-state index contributed by atoms with van der Waals surface area (Å²) in [4.78, 5) is 4.32. The van der Waals surface area contributed by atoms with Gasteiger partial charge in [0.2, 0.25) is 5.89 Å². The minimum Gasteiger partial charge on any atom is -0.485 e. The molecule has 1 saturated heterocycles. The van der Waals surface area contributed by atoms with E-state index in [0.29, 0.717) is 24.2 Å². The molecule has 1 unspecified atom stereocenters. The fourth-order valence-corrected chi connectivity index (χ4v) is 3.20. The number of rotatable bonds is 7. The first-order valence-corrected chi connectivity index (χ1v) is 8.92. The Morgan fingerprint density at radius 2 is 1.88 bits per heavy atom. The lowest BCUT2D eigenvalue weighted by molar-refractivity contribution is 0.108. The number of oxazole rings is 1. The van der Waals surface area contributed by atoms with Crippen molar-refractivity contribution in [1.82, 2.24) is 10.3 Å². The molecule has 3 aromatic rings. The third kappa shape index (κ3) is 3.89. The minimum absolute atomic E-state index is 0.235. The van der Waals surface area contributed by atoms with Gasteiger partial charge in [-0.2, -0.15) is 0 Å². The fourth-order valence-electron chi connectivity index (χ4n) is 3.20. The Bertz CT molecular complexity index is 799. The Labute approximate surface area is 153 Å². The highest BCUT2D eigenvalue weighted by Gasteiger charge is 2.32. The second-order valence-corrected chi connectivity index (χ2v) is 6.38. The van der Waals surface area contributed by atoms with Crippen LogP contribution in [0.25, 0.3) is 0 Å². The standard InChI is InChI=1S/C21H22N2O3/c1-2-6-16(7-3-1)15-25-18-8-4-5-9-19(18)26-20(17-10-11-22-14-17)21-23-12-13-24-21/h1-9,12-13,17,20,22H,10-11,14-15H2/t17?,20-/m0/s1. The van der Waals surface area contributed by atoms with E-state index in [2.05, 4.69) is 10.3 Å². The number of aromatic nitrogens is 1. The summed E-state index contributed by atoms with van der Waals surface area (Å²) >= 11 is 0. The molecular weight excluding hydrogens is 328 g/mol. The van der Waals surface area contributed by atoms with Crippen molar-refractivity contribution in [2.75, 3.05) is 13.1 Å². The predicted octanol–water partition coefficient (Wildman–Crippen LogP) is 3.98. The molecule has 1 aliphatic heterocycles. The van der Waals surface area contributed by atoms with Crippen LogP contribution in [0.5, 0.6) is 11.5 Å². The Hall–Kier alpha value is -2.79. The van der Waals surface area contributed by atoms with Crippen LogP contribution in [0.4, 0.5) is 0 Å². The van der Waals surface area contributed by atoms with Gasteiger partial charge < -0.3 is 19.2 Å². The molecule has 0 spiro atoms. The van der Waals surface area contributed by atoms with E-state index in [1.54, 1.807) is 12.5 Å². The van der Waals surface area contributed by atoms with Crippen molar-refractivity contribution in [3.63, 3.8) is 0 Å². The van der Waals surface area contributed by atoms with Gasteiger partial charge in [0, 0.05) is 12.5 Å². The van der Waals surface area contributed by atoms with Gasteiger partial charge in [-0.25, -0.2) is 4.98 Å². The maximum absolute atomic E-state index is 6.34. The first-order valence-electron chi connectivity index (χ1n) is 8.92. The minimum atomic E-state index is -0.235. The zero-order chi connectivity index (χ0) is 17.6. The molecule has 0 bridgehead atoms. The van der Waals surface area contributed by atoms with E-state index in [9.17, 15) is 0 Å². The van der Waals surface area contributed by atoms with Gasteiger partial charge in [-0.15, -0.1) is 0 Å². The van der Waals surface area contributed by atoms with Gasteiger partial charge in [0.15, 0.2) is 17.6 Å². The third-order valence-electron chi connectivity index (χ3n) is 4.56. The maximum Gasteiger partial charge on any atom is 0.235 e. The Morgan fingerprint density at radius 1 is 1.08 bits per heavy atom. The zero-order valence-electron chi connectivity index (χ0n) is 14.5. The molecular formula is C21H22N2O3. The first-order chi connectivity index (χ1) is 12.9. The van der Waals surface area contributed by atoms with E-state index in [0.717, 1.165) is 30.8 Å². The molecule has 5 nitrogen and oxygen atoms in total. The van der Waals surface area contributed by atoms with Crippen LogP contribution in [0.1, 0.15) is 24.0 Å². The molecule has 5 heteroatoms. The molecule has 0 saturated carbocycles. The van der Waals surface area contributed by atoms with Gasteiger partial charge in [-0.1, -0.05) is 42.5 Å². The van der Waals surface area contributed by atoms with E-state index < -0.39 is 0 Å². The molecule has 0 aliphatic carbocycles. The smallest absolute Gasteiger partial charge is 0.235 e. The Morgan fingerprint density at radius 3 is 2.62 bits per heavy atom. The van der Waals surface area contributed by atoms with Crippen LogP contribution >= 0.6 is 0 Å². The molecule has 1 fully saturated rings. The molecule has 2 aromatic carbocycles. The summed E-state index contributed by atoms with van der Waals surface area (Å²) in [5.74, 6) is 2.35. The molecule has 1 aromatic heterocycles. The quantitative estimate of drug-likeness (QED) is 0.698. The molecule has 26 heavy (non-hydrogen) atoms. The second-order valence-electron chi connectivity index (χ2n) is 6.38. The van der Waals surface area contributed by atoms with E-state index >= 15 is 0 Å². The van der Waals surface area contributed by atoms with Crippen LogP contribution in [0, 0.1) is 5.92 Å². The molecule has 0 radical (unpaired) electrons. The van der Waals surface area contributed by atoms with Crippen molar-refractivity contribution >= 4 is 0 Å². The number of benzene rings is 2. The van der Waals surface area contributed by atoms with Gasteiger partial charge in [0.25, 0.3) is 0 Å². The normalized spacial score (nSPS) is 17.8. The molecule has 134 valence electrons. The van der Waals surface area contributed by atoms with Crippen LogP contribution in [-0.4, -0.2) is 18.1 Å². The third-order valence-corrected chi connectivity index (χ3v) is 4.56. The summed E-state index contributed by atoms with van der Waals surface area (Å²) in [6.07, 6.45) is 4.04. The fraction of sp³-hybridized carbons (Fsp3) is 0.286. The molecule has 4 rings (SSSR count). The van der Waals surface area contributed by atoms with Gasteiger partial charge in [-0.3, -0.25) is 0 Å². The average molecular weight is 350 g/mol. The lowest BCUT2D eigenvalue weighted by atomic mass is 10.0. The molecule has 1 N–H and O–H groups in total. The number of nitrogens with one attached hydrogen (secondary N) is 1. The lowest BCUT2D eigenvalue weighted by Crippen LogP contribution is -2.22. The van der Waals surface area contributed by atoms with Crippen molar-refractivity contribution < 1.29 is 13.9 Å². The topological polar surface area (TPSA) is 56.5 Å². The van der Waals surface area contributed by atoms with E-state index in [1.165, 1.54) is 0 Å². The first kappa shape index (κ1) is 16.7. The van der Waals surface area contributed by atoms with Crippen LogP contribution in [0.15, 0.2) is 71.5 Å². The van der Waals surface area contributed by atoms with Crippen LogP contribution < -0.4 is 14.8 Å². The predicted molar refractivity (Wildman–Crippen MR) is 98.1 cm³/mol. The lowest BCUT2D eigenvalue weighted by Gasteiger charge is -2.23. The van der Waals surface area contributed by atoms with E-state index in [4.69, 9.17) is 13.9 Å². The molecule has 2 atom stereocenters. The summed E-state index contributed by atoms with van der Waals surface area (Å²) in [6, 6.07) is 17.9. The number of ether oxygens (including phenoxy) is 2. The largest absolute Gasteiger partial charge is 0.485 e. The highest BCUT2D eigenvalue weighted by molar-refractivity contribution is 5.40. The van der Waals surface area contributed by atoms with Crippen LogP contribution in [-0.2, 0) is 6.61 Å². The van der Waals surface area contributed by atoms with Crippen molar-refractivity contribution in [3.8, 4) is 11.5 Å². The number of hydrogen-bond acceptors (Lipinski definition) is 5. The molecule has 1 aliphatic rings. The Balaban J connectivity index is 1.52. The molecule has 2 heterocycles. The summed E-state index contributed by atoms with van der Waals surface area (Å²) in [5, 5.41) is 3.38. The zero-order valence-corrected chi connectivity index (χ0v) is 14.5. The van der Waals surface area contributed by atoms with Gasteiger partial charge in [0.1, 0.15) is 12.9 Å². The second kappa shape index (κ2) is 8.06. The highest BCUT2D eigenvalue weighted by Crippen LogP contribution is 2.36. The van der Waals surface area contributed by atoms with Crippen LogP contribution in [0.2, 0.25) is 0 Å². The van der Waals surface area contributed by atoms with Crippen molar-refractivity contribution in [3.05, 3.63) is 78.5 Å². The van der Waals surface area contributed by atoms with Crippen molar-refractivity contribution in [1.29, 1.82) is 0 Å². The van der Waals surface area contributed by atoms with Gasteiger partial charge in [-0.05, 0) is 30.7 Å². The van der Waals surface area contributed by atoms with Crippen LogP contribution in [0.3, 0.4) is 0 Å². The monoisotopic (exact) mass is 350 g/mol. The average Bonchev–Trinajstić information content (AvgIpc) is 3.40. The number of hydrogen-bond donors (Lipinski definition) is 1. The summed E-state index contributed by atoms with van der Waals surface area (Å²) < 4.78 is 17.9. The van der Waals surface area contributed by atoms with Crippen molar-refractivity contribution in [2.24, 2.45) is 5.92 Å². The maximum atomic E-state index is 6.34. The molecule has 0 amide bonds. The van der Waals surface area contributed by atoms with E-state index in [1.807, 2.05) is 54.6 Å². The number of para-hydroxylation sites is 2. The Kier molecular flexibility index (Phi) is 5.17. The summed E-state index contributed by atoms with van der Waals surface area (Å²) in [7, 11) is 0. The van der Waals surface area contributed by atoms with Gasteiger partial charge in [0.05, 0.1) is 6.20 Å². The van der Waals surface area contributed by atoms with E-state index in [-0.39, 0.29) is 6.10 Å². The van der Waals surface area contributed by atoms with Crippen molar-refractivity contribution in [2.45, 2.75) is 19.1 Å². The number of nitrogens with zero attached hydrogens (tertiary/aromatic N) is 1. The highest BCUT2D eigenvalue weighted by atomic mass is 16.5.